The number of piperazine rings is 1. The zero-order chi connectivity index (χ0) is 18.6. The van der Waals surface area contributed by atoms with Crippen molar-refractivity contribution in [1.29, 1.82) is 0 Å². The van der Waals surface area contributed by atoms with Gasteiger partial charge < -0.3 is 14.0 Å². The van der Waals surface area contributed by atoms with Crippen molar-refractivity contribution in [2.75, 3.05) is 32.7 Å². The molecule has 0 aliphatic carbocycles. The molecule has 1 aliphatic heterocycles. The largest absolute Gasteiger partial charge is 0.356 e. The normalized spacial score (nSPS) is 15.5. The van der Waals surface area contributed by atoms with Crippen molar-refractivity contribution in [3.63, 3.8) is 0 Å². The van der Waals surface area contributed by atoms with E-state index in [9.17, 15) is 4.79 Å². The maximum absolute atomic E-state index is 12.7. The maximum Gasteiger partial charge on any atom is 0.228 e. The molecule has 142 valence electrons. The van der Waals surface area contributed by atoms with Gasteiger partial charge in [0.05, 0.1) is 6.42 Å². The van der Waals surface area contributed by atoms with Crippen LogP contribution in [0.1, 0.15) is 18.4 Å². The molecule has 7 heteroatoms. The van der Waals surface area contributed by atoms with Crippen LogP contribution in [0.15, 0.2) is 41.2 Å². The fourth-order valence-corrected chi connectivity index (χ4v) is 3.65. The van der Waals surface area contributed by atoms with E-state index in [1.165, 1.54) is 0 Å². The second kappa shape index (κ2) is 7.92. The highest BCUT2D eigenvalue weighted by Gasteiger charge is 2.22. The summed E-state index contributed by atoms with van der Waals surface area (Å²) < 4.78 is 7.52. The Balaban J connectivity index is 1.28. The number of hydrogen-bond donors (Lipinski definition) is 0. The van der Waals surface area contributed by atoms with Gasteiger partial charge in [-0.3, -0.25) is 9.69 Å². The molecule has 0 N–H and O–H groups in total. The number of para-hydroxylation sites is 1. The smallest absolute Gasteiger partial charge is 0.228 e. The van der Waals surface area contributed by atoms with Crippen molar-refractivity contribution in [3.8, 4) is 0 Å². The van der Waals surface area contributed by atoms with E-state index >= 15 is 0 Å². The molecule has 1 fully saturated rings. The van der Waals surface area contributed by atoms with Gasteiger partial charge in [-0.1, -0.05) is 24.2 Å². The van der Waals surface area contributed by atoms with Crippen molar-refractivity contribution in [3.05, 3.63) is 48.2 Å². The second-order valence-corrected chi connectivity index (χ2v) is 6.92. The molecule has 0 atom stereocenters. The molecule has 2 aromatic heterocycles. The minimum atomic E-state index is 0.122. The van der Waals surface area contributed by atoms with Crippen molar-refractivity contribution in [2.45, 2.75) is 26.3 Å². The van der Waals surface area contributed by atoms with E-state index in [1.807, 2.05) is 41.6 Å². The first-order valence-electron chi connectivity index (χ1n) is 9.58. The standard InChI is InChI=1S/C20H25N5O2/c1-2-19-21-7-8-24(19)12-9-23-10-13-25(14-11-23)20(26)15-17-16-5-3-4-6-18(16)27-22-17/h3-8H,2,9-15H2,1H3. The number of benzene rings is 1. The summed E-state index contributed by atoms with van der Waals surface area (Å²) in [7, 11) is 0. The summed E-state index contributed by atoms with van der Waals surface area (Å²) in [6.45, 7) is 7.39. The van der Waals surface area contributed by atoms with Crippen LogP contribution in [-0.2, 0) is 24.2 Å². The molecule has 1 saturated heterocycles. The summed E-state index contributed by atoms with van der Waals surface area (Å²) in [5, 5.41) is 5.01. The molecule has 0 saturated carbocycles. The van der Waals surface area contributed by atoms with Crippen LogP contribution in [0.3, 0.4) is 0 Å². The number of aryl methyl sites for hydroxylation is 1. The summed E-state index contributed by atoms with van der Waals surface area (Å²) in [6.07, 6.45) is 5.15. The van der Waals surface area contributed by atoms with Crippen LogP contribution >= 0.6 is 0 Å². The first-order valence-corrected chi connectivity index (χ1v) is 9.58. The van der Waals surface area contributed by atoms with E-state index in [0.717, 1.165) is 68.2 Å². The minimum absolute atomic E-state index is 0.122. The van der Waals surface area contributed by atoms with Gasteiger partial charge in [0.25, 0.3) is 0 Å². The number of amides is 1. The number of imidazole rings is 1. The third kappa shape index (κ3) is 3.88. The number of aromatic nitrogens is 3. The topological polar surface area (TPSA) is 67.4 Å². The number of nitrogens with zero attached hydrogens (tertiary/aromatic N) is 5. The number of fused-ring (bicyclic) bond motifs is 1. The molecule has 7 nitrogen and oxygen atoms in total. The van der Waals surface area contributed by atoms with Gasteiger partial charge in [-0.25, -0.2) is 4.98 Å². The fraction of sp³-hybridized carbons (Fsp3) is 0.450. The van der Waals surface area contributed by atoms with Crippen molar-refractivity contribution in [1.82, 2.24) is 24.5 Å². The first-order chi connectivity index (χ1) is 13.2. The summed E-state index contributed by atoms with van der Waals surface area (Å²) in [5.74, 6) is 1.25. The lowest BCUT2D eigenvalue weighted by atomic mass is 10.1. The van der Waals surface area contributed by atoms with Crippen LogP contribution in [-0.4, -0.2) is 63.1 Å². The molecule has 0 spiro atoms. The average molecular weight is 367 g/mol. The molecule has 4 rings (SSSR count). The number of rotatable bonds is 6. The van der Waals surface area contributed by atoms with Crippen LogP contribution in [0.2, 0.25) is 0 Å². The van der Waals surface area contributed by atoms with Gasteiger partial charge in [-0.2, -0.15) is 0 Å². The third-order valence-corrected chi connectivity index (χ3v) is 5.27. The summed E-state index contributed by atoms with van der Waals surface area (Å²) >= 11 is 0. The summed E-state index contributed by atoms with van der Waals surface area (Å²) in [4.78, 5) is 21.4. The summed E-state index contributed by atoms with van der Waals surface area (Å²) in [5.41, 5.74) is 1.46. The molecular formula is C20H25N5O2. The lowest BCUT2D eigenvalue weighted by Gasteiger charge is -2.34. The van der Waals surface area contributed by atoms with Crippen LogP contribution in [0.4, 0.5) is 0 Å². The van der Waals surface area contributed by atoms with Crippen LogP contribution in [0.5, 0.6) is 0 Å². The monoisotopic (exact) mass is 367 g/mol. The molecule has 0 unspecified atom stereocenters. The number of carbonyl (C=O) groups excluding carboxylic acids is 1. The van der Waals surface area contributed by atoms with Gasteiger partial charge >= 0.3 is 0 Å². The van der Waals surface area contributed by atoms with E-state index in [-0.39, 0.29) is 5.91 Å². The first kappa shape index (κ1) is 17.7. The molecule has 1 amide bonds. The Labute approximate surface area is 158 Å². The molecular weight excluding hydrogens is 342 g/mol. The predicted molar refractivity (Wildman–Crippen MR) is 102 cm³/mol. The van der Waals surface area contributed by atoms with Gasteiger partial charge in [-0.15, -0.1) is 0 Å². The Bertz CT molecular complexity index is 908. The lowest BCUT2D eigenvalue weighted by molar-refractivity contribution is -0.132. The fourth-order valence-electron chi connectivity index (χ4n) is 3.65. The van der Waals surface area contributed by atoms with Crippen LogP contribution in [0, 0.1) is 0 Å². The van der Waals surface area contributed by atoms with E-state index in [4.69, 9.17) is 4.52 Å². The van der Waals surface area contributed by atoms with E-state index < -0.39 is 0 Å². The molecule has 0 bridgehead atoms. The van der Waals surface area contributed by atoms with Gasteiger partial charge in [0.1, 0.15) is 11.5 Å². The van der Waals surface area contributed by atoms with Crippen molar-refractivity contribution < 1.29 is 9.32 Å². The Morgan fingerprint density at radius 2 is 1.96 bits per heavy atom. The van der Waals surface area contributed by atoms with Crippen LogP contribution < -0.4 is 0 Å². The zero-order valence-corrected chi connectivity index (χ0v) is 15.7. The lowest BCUT2D eigenvalue weighted by Crippen LogP contribution is -2.49. The second-order valence-electron chi connectivity index (χ2n) is 6.92. The highest BCUT2D eigenvalue weighted by molar-refractivity contribution is 5.86. The molecule has 3 heterocycles. The van der Waals surface area contributed by atoms with Gasteiger partial charge in [0, 0.05) is 63.5 Å². The Kier molecular flexibility index (Phi) is 5.20. The van der Waals surface area contributed by atoms with Gasteiger partial charge in [0.2, 0.25) is 5.91 Å². The van der Waals surface area contributed by atoms with Gasteiger partial charge in [0.15, 0.2) is 5.58 Å². The Morgan fingerprint density at radius 1 is 1.15 bits per heavy atom. The van der Waals surface area contributed by atoms with Crippen molar-refractivity contribution in [2.24, 2.45) is 0 Å². The van der Waals surface area contributed by atoms with Gasteiger partial charge in [-0.05, 0) is 12.1 Å². The number of hydrogen-bond acceptors (Lipinski definition) is 5. The van der Waals surface area contributed by atoms with E-state index in [0.29, 0.717) is 6.42 Å². The minimum Gasteiger partial charge on any atom is -0.356 e. The van der Waals surface area contributed by atoms with E-state index in [2.05, 4.69) is 26.5 Å². The molecule has 1 aromatic carbocycles. The molecule has 1 aliphatic rings. The quantitative estimate of drug-likeness (QED) is 0.666. The van der Waals surface area contributed by atoms with E-state index in [1.54, 1.807) is 0 Å². The number of carbonyl (C=O) groups is 1. The molecule has 27 heavy (non-hydrogen) atoms. The highest BCUT2D eigenvalue weighted by atomic mass is 16.5. The Hall–Kier alpha value is -2.67. The zero-order valence-electron chi connectivity index (χ0n) is 15.7. The average Bonchev–Trinajstić information content (AvgIpc) is 3.33. The van der Waals surface area contributed by atoms with Crippen LogP contribution in [0.25, 0.3) is 11.0 Å². The summed E-state index contributed by atoms with van der Waals surface area (Å²) in [6, 6.07) is 7.68. The highest BCUT2D eigenvalue weighted by Crippen LogP contribution is 2.19. The third-order valence-electron chi connectivity index (χ3n) is 5.27. The SMILES string of the molecule is CCc1nccn1CCN1CCN(C(=O)Cc2noc3ccccc23)CC1. The Morgan fingerprint density at radius 3 is 2.78 bits per heavy atom. The predicted octanol–water partition coefficient (Wildman–Crippen LogP) is 1.97. The maximum atomic E-state index is 12.7. The van der Waals surface area contributed by atoms with Crippen molar-refractivity contribution >= 4 is 16.9 Å². The molecule has 0 radical (unpaired) electrons. The molecule has 3 aromatic rings.